The fourth-order valence-electron chi connectivity index (χ4n) is 3.22. The van der Waals surface area contributed by atoms with Gasteiger partial charge in [0, 0.05) is 17.8 Å². The van der Waals surface area contributed by atoms with Gasteiger partial charge in [0.2, 0.25) is 0 Å². The topological polar surface area (TPSA) is 24.4 Å². The molecule has 3 rings (SSSR count). The van der Waals surface area contributed by atoms with Gasteiger partial charge in [0.15, 0.2) is 5.17 Å². The molecular weight excluding hydrogens is 264 g/mol. The summed E-state index contributed by atoms with van der Waals surface area (Å²) < 4.78 is 0. The van der Waals surface area contributed by atoms with E-state index in [1.807, 2.05) is 11.8 Å². The lowest BCUT2D eigenvalue weighted by atomic mass is 9.98. The normalized spacial score (nSPS) is 24.1. The molecule has 1 atom stereocenters. The minimum atomic E-state index is 0.397. The van der Waals surface area contributed by atoms with Crippen LogP contribution in [0, 0.1) is 0 Å². The minimum absolute atomic E-state index is 0.397. The number of nitrogens with one attached hydrogen (secondary N) is 1. The van der Waals surface area contributed by atoms with Gasteiger partial charge in [-0.3, -0.25) is 4.99 Å². The average Bonchev–Trinajstić information content (AvgIpc) is 3.10. The van der Waals surface area contributed by atoms with Crippen LogP contribution in [0.5, 0.6) is 0 Å². The first-order valence-electron chi connectivity index (χ1n) is 7.78. The van der Waals surface area contributed by atoms with Crippen molar-refractivity contribution < 1.29 is 0 Å². The maximum atomic E-state index is 4.78. The predicted molar refractivity (Wildman–Crippen MR) is 88.6 cm³/mol. The van der Waals surface area contributed by atoms with Gasteiger partial charge in [-0.1, -0.05) is 61.9 Å². The van der Waals surface area contributed by atoms with Crippen molar-refractivity contribution in [1.82, 2.24) is 5.32 Å². The number of rotatable bonds is 4. The lowest BCUT2D eigenvalue weighted by molar-refractivity contribution is 0.452. The molecule has 1 spiro atoms. The van der Waals surface area contributed by atoms with Gasteiger partial charge in [-0.05, 0) is 30.7 Å². The van der Waals surface area contributed by atoms with E-state index in [9.17, 15) is 0 Å². The highest BCUT2D eigenvalue weighted by Gasteiger charge is 2.39. The zero-order chi connectivity index (χ0) is 13.8. The summed E-state index contributed by atoms with van der Waals surface area (Å²) in [5.74, 6) is 1.81. The van der Waals surface area contributed by atoms with Gasteiger partial charge in [-0.15, -0.1) is 0 Å². The van der Waals surface area contributed by atoms with Crippen LogP contribution in [0.3, 0.4) is 0 Å². The Morgan fingerprint density at radius 3 is 2.75 bits per heavy atom. The largest absolute Gasteiger partial charge is 0.359 e. The molecule has 2 fully saturated rings. The van der Waals surface area contributed by atoms with Crippen molar-refractivity contribution in [2.45, 2.75) is 50.5 Å². The van der Waals surface area contributed by atoms with E-state index in [1.54, 1.807) is 0 Å². The maximum Gasteiger partial charge on any atom is 0.157 e. The quantitative estimate of drug-likeness (QED) is 0.898. The van der Waals surface area contributed by atoms with Crippen LogP contribution in [0.4, 0.5) is 0 Å². The van der Waals surface area contributed by atoms with Crippen LogP contribution >= 0.6 is 11.8 Å². The Bertz CT molecular complexity index is 463. The molecule has 1 N–H and O–H groups in total. The van der Waals surface area contributed by atoms with Crippen molar-refractivity contribution in [3.05, 3.63) is 35.9 Å². The van der Waals surface area contributed by atoms with Crippen LogP contribution in [-0.2, 0) is 0 Å². The van der Waals surface area contributed by atoms with E-state index in [2.05, 4.69) is 42.6 Å². The van der Waals surface area contributed by atoms with Crippen molar-refractivity contribution in [2.24, 2.45) is 4.99 Å². The first kappa shape index (κ1) is 14.0. The summed E-state index contributed by atoms with van der Waals surface area (Å²) in [5, 5.41) is 4.88. The Labute approximate surface area is 126 Å². The second-order valence-electron chi connectivity index (χ2n) is 6.19. The summed E-state index contributed by atoms with van der Waals surface area (Å²) in [7, 11) is 0. The maximum absolute atomic E-state index is 4.78. The molecule has 1 saturated heterocycles. The zero-order valence-electron chi connectivity index (χ0n) is 12.3. The van der Waals surface area contributed by atoms with Crippen LogP contribution in [0.1, 0.15) is 50.5 Å². The van der Waals surface area contributed by atoms with E-state index in [0.29, 0.717) is 11.5 Å². The number of aliphatic imine (C=N–C) groups is 1. The molecule has 1 aromatic carbocycles. The first-order valence-corrected chi connectivity index (χ1v) is 8.76. The van der Waals surface area contributed by atoms with Gasteiger partial charge in [0.25, 0.3) is 0 Å². The third-order valence-electron chi connectivity index (χ3n) is 4.60. The Balaban J connectivity index is 1.49. The highest BCUT2D eigenvalue weighted by Crippen LogP contribution is 2.37. The molecule has 108 valence electrons. The molecule has 1 heterocycles. The number of thioether (sulfide) groups is 1. The van der Waals surface area contributed by atoms with Crippen molar-refractivity contribution in [3.8, 4) is 0 Å². The van der Waals surface area contributed by atoms with Gasteiger partial charge in [0.05, 0.1) is 0 Å². The summed E-state index contributed by atoms with van der Waals surface area (Å²) in [6.07, 6.45) is 6.55. The summed E-state index contributed by atoms with van der Waals surface area (Å²) in [5.41, 5.74) is 1.82. The molecule has 0 radical (unpaired) electrons. The van der Waals surface area contributed by atoms with E-state index in [1.165, 1.54) is 42.2 Å². The van der Waals surface area contributed by atoms with Gasteiger partial charge < -0.3 is 5.32 Å². The smallest absolute Gasteiger partial charge is 0.157 e. The summed E-state index contributed by atoms with van der Waals surface area (Å²) in [4.78, 5) is 4.78. The Morgan fingerprint density at radius 1 is 1.25 bits per heavy atom. The predicted octanol–water partition coefficient (Wildman–Crippen LogP) is 4.19. The number of hydrogen-bond donors (Lipinski definition) is 1. The third-order valence-corrected chi connectivity index (χ3v) is 5.81. The summed E-state index contributed by atoms with van der Waals surface area (Å²) in [6.45, 7) is 3.23. The molecule has 3 heteroatoms. The molecule has 1 aromatic rings. The van der Waals surface area contributed by atoms with Gasteiger partial charge in [-0.2, -0.15) is 0 Å². The SMILES string of the molecule is CC(CCN=C1NC2(CCCC2)CS1)c1ccccc1. The fraction of sp³-hybridized carbons (Fsp3) is 0.588. The molecule has 1 saturated carbocycles. The van der Waals surface area contributed by atoms with Crippen molar-refractivity contribution in [1.29, 1.82) is 0 Å². The number of hydrogen-bond acceptors (Lipinski definition) is 2. The van der Waals surface area contributed by atoms with Crippen LogP contribution in [0.2, 0.25) is 0 Å². The van der Waals surface area contributed by atoms with Crippen LogP contribution in [-0.4, -0.2) is 23.0 Å². The third kappa shape index (κ3) is 3.20. The molecule has 20 heavy (non-hydrogen) atoms. The number of amidine groups is 1. The van der Waals surface area contributed by atoms with E-state index in [-0.39, 0.29) is 0 Å². The number of benzene rings is 1. The highest BCUT2D eigenvalue weighted by molar-refractivity contribution is 8.14. The lowest BCUT2D eigenvalue weighted by Crippen LogP contribution is -2.40. The van der Waals surface area contributed by atoms with Crippen molar-refractivity contribution in [3.63, 3.8) is 0 Å². The van der Waals surface area contributed by atoms with Crippen molar-refractivity contribution in [2.75, 3.05) is 12.3 Å². The van der Waals surface area contributed by atoms with Gasteiger partial charge >= 0.3 is 0 Å². The molecule has 1 aliphatic heterocycles. The van der Waals surface area contributed by atoms with Crippen molar-refractivity contribution >= 4 is 16.9 Å². The molecule has 2 aliphatic rings. The highest BCUT2D eigenvalue weighted by atomic mass is 32.2. The van der Waals surface area contributed by atoms with Crippen LogP contribution < -0.4 is 5.32 Å². The second kappa shape index (κ2) is 6.21. The molecule has 1 aliphatic carbocycles. The average molecular weight is 288 g/mol. The van der Waals surface area contributed by atoms with Crippen LogP contribution in [0.25, 0.3) is 0 Å². The van der Waals surface area contributed by atoms with Gasteiger partial charge in [0.1, 0.15) is 0 Å². The van der Waals surface area contributed by atoms with E-state index >= 15 is 0 Å². The Kier molecular flexibility index (Phi) is 4.35. The first-order chi connectivity index (χ1) is 9.77. The molecule has 2 nitrogen and oxygen atoms in total. The molecule has 1 unspecified atom stereocenters. The lowest BCUT2D eigenvalue weighted by Gasteiger charge is -2.21. The summed E-state index contributed by atoms with van der Waals surface area (Å²) in [6, 6.07) is 10.8. The minimum Gasteiger partial charge on any atom is -0.359 e. The summed E-state index contributed by atoms with van der Waals surface area (Å²) >= 11 is 1.92. The molecular formula is C17H24N2S. The van der Waals surface area contributed by atoms with E-state index in [4.69, 9.17) is 4.99 Å². The molecule has 0 amide bonds. The Morgan fingerprint density at radius 2 is 2.00 bits per heavy atom. The Hall–Kier alpha value is -0.960. The fourth-order valence-corrected chi connectivity index (χ4v) is 4.46. The van der Waals surface area contributed by atoms with E-state index < -0.39 is 0 Å². The standard InChI is InChI=1S/C17H24N2S/c1-14(15-7-3-2-4-8-15)9-12-18-16-19-17(13-20-16)10-5-6-11-17/h2-4,7-8,14H,5-6,9-13H2,1H3,(H,18,19). The molecule has 0 aromatic heterocycles. The molecule has 0 bridgehead atoms. The monoisotopic (exact) mass is 288 g/mol. The number of nitrogens with zero attached hydrogens (tertiary/aromatic N) is 1. The second-order valence-corrected chi connectivity index (χ2v) is 7.15. The van der Waals surface area contributed by atoms with Gasteiger partial charge in [-0.25, -0.2) is 0 Å². The van der Waals surface area contributed by atoms with Crippen LogP contribution in [0.15, 0.2) is 35.3 Å². The zero-order valence-corrected chi connectivity index (χ0v) is 13.1. The van der Waals surface area contributed by atoms with E-state index in [0.717, 1.165) is 13.0 Å².